The Bertz CT molecular complexity index is 582. The molecule has 0 aliphatic carbocycles. The lowest BCUT2D eigenvalue weighted by molar-refractivity contribution is 0.202. The third kappa shape index (κ3) is 3.16. The van der Waals surface area contributed by atoms with Gasteiger partial charge in [0.15, 0.2) is 0 Å². The zero-order chi connectivity index (χ0) is 13.7. The van der Waals surface area contributed by atoms with Crippen molar-refractivity contribution in [3.63, 3.8) is 0 Å². The summed E-state index contributed by atoms with van der Waals surface area (Å²) in [6.07, 6.45) is 2.16. The standard InChI is InChI=1S/C14H13N3O2/c1-11(12-7-9-15-10-8-12)16-17(14(18)19)13-5-3-2-4-6-13/h2-10H,1H3,(H,18,19). The number of hydrogen-bond acceptors (Lipinski definition) is 3. The third-order valence-electron chi connectivity index (χ3n) is 2.53. The number of hydrazone groups is 1. The average Bonchev–Trinajstić information content (AvgIpc) is 2.46. The van der Waals surface area contributed by atoms with E-state index in [0.29, 0.717) is 11.4 Å². The SMILES string of the molecule is CC(=NN(C(=O)O)c1ccccc1)c1ccncc1. The fourth-order valence-corrected chi connectivity index (χ4v) is 1.58. The van der Waals surface area contributed by atoms with E-state index >= 15 is 0 Å². The summed E-state index contributed by atoms with van der Waals surface area (Å²) in [5.41, 5.74) is 1.94. The maximum absolute atomic E-state index is 11.3. The maximum Gasteiger partial charge on any atom is 0.432 e. The van der Waals surface area contributed by atoms with Crippen LogP contribution in [0, 0.1) is 0 Å². The van der Waals surface area contributed by atoms with E-state index in [4.69, 9.17) is 0 Å². The summed E-state index contributed by atoms with van der Waals surface area (Å²) in [5, 5.41) is 14.3. The van der Waals surface area contributed by atoms with Crippen LogP contribution in [0.3, 0.4) is 0 Å². The number of pyridine rings is 1. The molecule has 2 rings (SSSR count). The van der Waals surface area contributed by atoms with Gasteiger partial charge in [-0.3, -0.25) is 4.98 Å². The molecule has 5 nitrogen and oxygen atoms in total. The first kappa shape index (κ1) is 12.8. The molecule has 0 aliphatic heterocycles. The molecule has 0 saturated heterocycles. The summed E-state index contributed by atoms with van der Waals surface area (Å²) in [5.74, 6) is 0. The first-order valence-corrected chi connectivity index (χ1v) is 5.72. The predicted molar refractivity (Wildman–Crippen MR) is 73.4 cm³/mol. The molecule has 0 bridgehead atoms. The molecule has 0 aliphatic rings. The Hall–Kier alpha value is -2.69. The summed E-state index contributed by atoms with van der Waals surface area (Å²) in [6, 6.07) is 12.3. The van der Waals surface area contributed by atoms with Crippen LogP contribution in [0.5, 0.6) is 0 Å². The van der Waals surface area contributed by atoms with Crippen LogP contribution in [-0.4, -0.2) is 21.9 Å². The molecule has 1 aromatic carbocycles. The summed E-state index contributed by atoms with van der Waals surface area (Å²) in [6.45, 7) is 1.76. The Balaban J connectivity index is 2.34. The van der Waals surface area contributed by atoms with Gasteiger partial charge in [-0.05, 0) is 31.2 Å². The van der Waals surface area contributed by atoms with Gasteiger partial charge in [0.05, 0.1) is 11.4 Å². The van der Waals surface area contributed by atoms with Gasteiger partial charge in [0.25, 0.3) is 0 Å². The Morgan fingerprint density at radius 2 is 1.79 bits per heavy atom. The molecule has 5 heteroatoms. The number of aromatic nitrogens is 1. The molecule has 1 N–H and O–H groups in total. The van der Waals surface area contributed by atoms with Gasteiger partial charge < -0.3 is 5.11 Å². The number of benzene rings is 1. The zero-order valence-corrected chi connectivity index (χ0v) is 10.4. The van der Waals surface area contributed by atoms with E-state index in [1.54, 1.807) is 55.7 Å². The highest BCUT2D eigenvalue weighted by atomic mass is 16.4. The molecule has 0 saturated carbocycles. The molecule has 0 radical (unpaired) electrons. The van der Waals surface area contributed by atoms with Crippen LogP contribution < -0.4 is 5.01 Å². The second-order valence-electron chi connectivity index (χ2n) is 3.85. The molecule has 0 atom stereocenters. The molecular formula is C14H13N3O2. The Morgan fingerprint density at radius 1 is 1.16 bits per heavy atom. The largest absolute Gasteiger partial charge is 0.463 e. The maximum atomic E-state index is 11.3. The molecule has 1 amide bonds. The van der Waals surface area contributed by atoms with Crippen LogP contribution in [0.15, 0.2) is 60.0 Å². The second kappa shape index (κ2) is 5.77. The molecule has 0 unspecified atom stereocenters. The average molecular weight is 255 g/mol. The van der Waals surface area contributed by atoms with Gasteiger partial charge in [0.1, 0.15) is 0 Å². The molecular weight excluding hydrogens is 242 g/mol. The molecule has 0 fully saturated rings. The Labute approximate surface area is 110 Å². The van der Waals surface area contributed by atoms with Gasteiger partial charge in [-0.1, -0.05) is 18.2 Å². The van der Waals surface area contributed by atoms with Crippen molar-refractivity contribution < 1.29 is 9.90 Å². The molecule has 96 valence electrons. The molecule has 0 spiro atoms. The number of anilines is 1. The van der Waals surface area contributed by atoms with Gasteiger partial charge in [-0.25, -0.2) is 4.79 Å². The summed E-state index contributed by atoms with van der Waals surface area (Å²) < 4.78 is 0. The van der Waals surface area contributed by atoms with Gasteiger partial charge >= 0.3 is 6.09 Å². The second-order valence-corrected chi connectivity index (χ2v) is 3.85. The van der Waals surface area contributed by atoms with Crippen molar-refractivity contribution in [2.75, 3.05) is 5.01 Å². The number of hydrogen-bond donors (Lipinski definition) is 1. The zero-order valence-electron chi connectivity index (χ0n) is 10.4. The minimum atomic E-state index is -1.13. The molecule has 1 aromatic heterocycles. The fraction of sp³-hybridized carbons (Fsp3) is 0.0714. The Kier molecular flexibility index (Phi) is 3.87. The molecule has 2 aromatic rings. The minimum absolute atomic E-state index is 0.503. The normalized spacial score (nSPS) is 11.1. The van der Waals surface area contributed by atoms with Gasteiger partial charge in [0.2, 0.25) is 0 Å². The lowest BCUT2D eigenvalue weighted by Crippen LogP contribution is -2.24. The fourth-order valence-electron chi connectivity index (χ4n) is 1.58. The lowest BCUT2D eigenvalue weighted by Gasteiger charge is -2.14. The highest BCUT2D eigenvalue weighted by Gasteiger charge is 2.13. The number of carboxylic acid groups (broad SMARTS) is 1. The summed E-state index contributed by atoms with van der Waals surface area (Å²) >= 11 is 0. The molecule has 19 heavy (non-hydrogen) atoms. The third-order valence-corrected chi connectivity index (χ3v) is 2.53. The van der Waals surface area contributed by atoms with E-state index in [9.17, 15) is 9.90 Å². The number of amides is 1. The van der Waals surface area contributed by atoms with E-state index in [1.807, 2.05) is 6.07 Å². The van der Waals surface area contributed by atoms with Crippen molar-refractivity contribution in [3.05, 3.63) is 60.4 Å². The minimum Gasteiger partial charge on any atom is -0.463 e. The first-order valence-electron chi connectivity index (χ1n) is 5.72. The number of nitrogens with zero attached hydrogens (tertiary/aromatic N) is 3. The predicted octanol–water partition coefficient (Wildman–Crippen LogP) is 2.99. The number of para-hydroxylation sites is 1. The summed E-state index contributed by atoms with van der Waals surface area (Å²) in [7, 11) is 0. The van der Waals surface area contributed by atoms with Gasteiger partial charge in [-0.15, -0.1) is 0 Å². The molecule has 1 heterocycles. The van der Waals surface area contributed by atoms with Crippen LogP contribution in [0.25, 0.3) is 0 Å². The van der Waals surface area contributed by atoms with Crippen LogP contribution in [0.4, 0.5) is 10.5 Å². The smallest absolute Gasteiger partial charge is 0.432 e. The van der Waals surface area contributed by atoms with E-state index in [1.165, 1.54) is 0 Å². The summed E-state index contributed by atoms with van der Waals surface area (Å²) in [4.78, 5) is 15.2. The quantitative estimate of drug-likeness (QED) is 0.677. The van der Waals surface area contributed by atoms with Gasteiger partial charge in [-0.2, -0.15) is 10.1 Å². The highest BCUT2D eigenvalue weighted by molar-refractivity contribution is 6.01. The van der Waals surface area contributed by atoms with Crippen molar-refractivity contribution >= 4 is 17.5 Å². The van der Waals surface area contributed by atoms with Crippen LogP contribution in [-0.2, 0) is 0 Å². The van der Waals surface area contributed by atoms with Crippen molar-refractivity contribution in [2.24, 2.45) is 5.10 Å². The number of carbonyl (C=O) groups is 1. The van der Waals surface area contributed by atoms with E-state index in [0.717, 1.165) is 10.6 Å². The van der Waals surface area contributed by atoms with Crippen LogP contribution >= 0.6 is 0 Å². The van der Waals surface area contributed by atoms with Crippen molar-refractivity contribution in [1.29, 1.82) is 0 Å². The topological polar surface area (TPSA) is 65.8 Å². The van der Waals surface area contributed by atoms with E-state index in [-0.39, 0.29) is 0 Å². The lowest BCUT2D eigenvalue weighted by atomic mass is 10.2. The van der Waals surface area contributed by atoms with Crippen molar-refractivity contribution in [3.8, 4) is 0 Å². The van der Waals surface area contributed by atoms with E-state index in [2.05, 4.69) is 10.1 Å². The van der Waals surface area contributed by atoms with Crippen molar-refractivity contribution in [2.45, 2.75) is 6.92 Å². The van der Waals surface area contributed by atoms with Crippen LogP contribution in [0.1, 0.15) is 12.5 Å². The Morgan fingerprint density at radius 3 is 2.37 bits per heavy atom. The highest BCUT2D eigenvalue weighted by Crippen LogP contribution is 2.15. The van der Waals surface area contributed by atoms with Crippen molar-refractivity contribution in [1.82, 2.24) is 4.98 Å². The first-order chi connectivity index (χ1) is 9.18. The number of rotatable bonds is 3. The monoisotopic (exact) mass is 255 g/mol. The van der Waals surface area contributed by atoms with Crippen LogP contribution in [0.2, 0.25) is 0 Å². The van der Waals surface area contributed by atoms with Gasteiger partial charge in [0, 0.05) is 18.0 Å². The van der Waals surface area contributed by atoms with E-state index < -0.39 is 6.09 Å².